The third-order valence-electron chi connectivity index (χ3n) is 3.90. The van der Waals surface area contributed by atoms with Gasteiger partial charge in [0.15, 0.2) is 0 Å². The molecule has 1 amide bonds. The van der Waals surface area contributed by atoms with Crippen LogP contribution < -0.4 is 0 Å². The maximum atomic E-state index is 12.8. The molecule has 0 aromatic heterocycles. The Balaban J connectivity index is 2.34. The van der Waals surface area contributed by atoms with Crippen LogP contribution in [-0.4, -0.2) is 49.9 Å². The summed E-state index contributed by atoms with van der Waals surface area (Å²) in [6, 6.07) is 8.32. The second-order valence-corrected chi connectivity index (χ2v) is 7.52. The summed E-state index contributed by atoms with van der Waals surface area (Å²) in [4.78, 5) is 14.6. The maximum absolute atomic E-state index is 12.8. The molecule has 1 saturated heterocycles. The lowest BCUT2D eigenvalue weighted by molar-refractivity contribution is -0.136. The van der Waals surface area contributed by atoms with Gasteiger partial charge in [-0.15, -0.1) is 0 Å². The molecule has 1 atom stereocenters. The number of hydrogen-bond donors (Lipinski definition) is 0. The Labute approximate surface area is 126 Å². The van der Waals surface area contributed by atoms with Gasteiger partial charge in [-0.05, 0) is 24.8 Å². The molecule has 1 aromatic carbocycles. The lowest BCUT2D eigenvalue weighted by Crippen LogP contribution is -2.45. The van der Waals surface area contributed by atoms with Crippen LogP contribution in [0, 0.1) is 0 Å². The minimum Gasteiger partial charge on any atom is -0.341 e. The Hall–Kier alpha value is -1.40. The fourth-order valence-electron chi connectivity index (χ4n) is 2.62. The molecule has 1 aliphatic heterocycles. The number of piperidine rings is 1. The molecule has 0 bridgehead atoms. The Morgan fingerprint density at radius 1 is 1.14 bits per heavy atom. The molecule has 2 rings (SSSR count). The van der Waals surface area contributed by atoms with Crippen LogP contribution in [0.5, 0.6) is 0 Å². The van der Waals surface area contributed by atoms with Gasteiger partial charge in [-0.25, -0.2) is 8.42 Å². The summed E-state index contributed by atoms with van der Waals surface area (Å²) in [5.41, 5.74) is 0.709. The van der Waals surface area contributed by atoms with Crippen LogP contribution in [0.25, 0.3) is 0 Å². The minimum absolute atomic E-state index is 0.131. The molecule has 1 heterocycles. The summed E-state index contributed by atoms with van der Waals surface area (Å²) in [5.74, 6) is -0.131. The molecule has 0 saturated carbocycles. The zero-order valence-electron chi connectivity index (χ0n) is 12.5. The van der Waals surface area contributed by atoms with E-state index in [1.807, 2.05) is 18.2 Å². The predicted molar refractivity (Wildman–Crippen MR) is 82.2 cm³/mol. The Morgan fingerprint density at radius 2 is 1.71 bits per heavy atom. The van der Waals surface area contributed by atoms with Gasteiger partial charge in [0.1, 0.15) is 6.04 Å². The normalized spacial score (nSPS) is 17.8. The standard InChI is InChI=1S/C15H22N2O3S/c1-16(21(2,19)20)14(13-9-5-3-6-10-13)15(18)17-11-7-4-8-12-17/h3,5-6,9-10,14H,4,7-8,11-12H2,1-2H3. The average Bonchev–Trinajstić information content (AvgIpc) is 2.48. The lowest BCUT2D eigenvalue weighted by atomic mass is 10.0. The number of carbonyl (C=O) groups is 1. The molecule has 1 aliphatic rings. The summed E-state index contributed by atoms with van der Waals surface area (Å²) in [7, 11) is -1.98. The van der Waals surface area contributed by atoms with E-state index in [9.17, 15) is 13.2 Å². The van der Waals surface area contributed by atoms with Gasteiger partial charge in [0, 0.05) is 20.1 Å². The molecule has 1 fully saturated rings. The SMILES string of the molecule is CN(C(C(=O)N1CCCCC1)c1ccccc1)S(C)(=O)=O. The molecular weight excluding hydrogens is 288 g/mol. The third kappa shape index (κ3) is 3.83. The van der Waals surface area contributed by atoms with E-state index in [1.165, 1.54) is 11.4 Å². The summed E-state index contributed by atoms with van der Waals surface area (Å²) in [5, 5.41) is 0. The number of amides is 1. The average molecular weight is 310 g/mol. The molecule has 5 nitrogen and oxygen atoms in total. The van der Waals surface area contributed by atoms with Gasteiger partial charge in [-0.3, -0.25) is 4.79 Å². The van der Waals surface area contributed by atoms with E-state index in [1.54, 1.807) is 17.0 Å². The van der Waals surface area contributed by atoms with Crippen LogP contribution in [0.3, 0.4) is 0 Å². The van der Waals surface area contributed by atoms with E-state index in [2.05, 4.69) is 0 Å². The zero-order valence-corrected chi connectivity index (χ0v) is 13.3. The van der Waals surface area contributed by atoms with Gasteiger partial charge in [0.05, 0.1) is 6.26 Å². The number of benzene rings is 1. The molecular formula is C15H22N2O3S. The maximum Gasteiger partial charge on any atom is 0.245 e. The summed E-state index contributed by atoms with van der Waals surface area (Å²) >= 11 is 0. The highest BCUT2D eigenvalue weighted by Crippen LogP contribution is 2.25. The zero-order chi connectivity index (χ0) is 15.5. The second-order valence-electron chi connectivity index (χ2n) is 5.48. The first-order valence-corrected chi connectivity index (χ1v) is 9.03. The van der Waals surface area contributed by atoms with Crippen molar-refractivity contribution < 1.29 is 13.2 Å². The van der Waals surface area contributed by atoms with Crippen molar-refractivity contribution in [2.75, 3.05) is 26.4 Å². The van der Waals surface area contributed by atoms with Gasteiger partial charge in [0.2, 0.25) is 15.9 Å². The van der Waals surface area contributed by atoms with E-state index in [4.69, 9.17) is 0 Å². The van der Waals surface area contributed by atoms with Crippen LogP contribution in [-0.2, 0) is 14.8 Å². The summed E-state index contributed by atoms with van der Waals surface area (Å²) in [6.45, 7) is 1.42. The van der Waals surface area contributed by atoms with Crippen molar-refractivity contribution in [1.29, 1.82) is 0 Å². The summed E-state index contributed by atoms with van der Waals surface area (Å²) in [6.07, 6.45) is 4.22. The van der Waals surface area contributed by atoms with Crippen molar-refractivity contribution >= 4 is 15.9 Å². The van der Waals surface area contributed by atoms with E-state index in [0.29, 0.717) is 18.7 Å². The molecule has 0 N–H and O–H groups in total. The first-order chi connectivity index (χ1) is 9.91. The van der Waals surface area contributed by atoms with Crippen LogP contribution in [0.2, 0.25) is 0 Å². The second kappa shape index (κ2) is 6.58. The highest BCUT2D eigenvalue weighted by atomic mass is 32.2. The number of rotatable bonds is 4. The van der Waals surface area contributed by atoms with Gasteiger partial charge in [-0.1, -0.05) is 30.3 Å². The number of hydrogen-bond acceptors (Lipinski definition) is 3. The van der Waals surface area contributed by atoms with E-state index in [-0.39, 0.29) is 5.91 Å². The monoisotopic (exact) mass is 310 g/mol. The molecule has 1 aromatic rings. The molecule has 1 unspecified atom stereocenters. The molecule has 0 spiro atoms. The lowest BCUT2D eigenvalue weighted by Gasteiger charge is -2.33. The number of likely N-dealkylation sites (tertiary alicyclic amines) is 1. The van der Waals surface area contributed by atoms with Crippen molar-refractivity contribution in [3.8, 4) is 0 Å². The first-order valence-electron chi connectivity index (χ1n) is 7.18. The van der Waals surface area contributed by atoms with Gasteiger partial charge < -0.3 is 4.90 Å². The van der Waals surface area contributed by atoms with E-state index >= 15 is 0 Å². The molecule has 0 radical (unpaired) electrons. The topological polar surface area (TPSA) is 57.7 Å². The number of carbonyl (C=O) groups excluding carboxylic acids is 1. The highest BCUT2D eigenvalue weighted by Gasteiger charge is 2.34. The van der Waals surface area contributed by atoms with Crippen molar-refractivity contribution in [3.63, 3.8) is 0 Å². The van der Waals surface area contributed by atoms with Crippen molar-refractivity contribution in [2.45, 2.75) is 25.3 Å². The van der Waals surface area contributed by atoms with Gasteiger partial charge in [-0.2, -0.15) is 4.31 Å². The van der Waals surface area contributed by atoms with E-state index in [0.717, 1.165) is 25.5 Å². The largest absolute Gasteiger partial charge is 0.341 e. The van der Waals surface area contributed by atoms with Crippen LogP contribution in [0.15, 0.2) is 30.3 Å². The molecule has 0 aliphatic carbocycles. The molecule has 21 heavy (non-hydrogen) atoms. The predicted octanol–water partition coefficient (Wildman–Crippen LogP) is 1.63. The number of sulfonamides is 1. The minimum atomic E-state index is -3.45. The van der Waals surface area contributed by atoms with Crippen LogP contribution in [0.4, 0.5) is 0 Å². The smallest absolute Gasteiger partial charge is 0.245 e. The molecule has 6 heteroatoms. The first kappa shape index (κ1) is 16.0. The van der Waals surface area contributed by atoms with Crippen LogP contribution >= 0.6 is 0 Å². The fraction of sp³-hybridized carbons (Fsp3) is 0.533. The highest BCUT2D eigenvalue weighted by molar-refractivity contribution is 7.88. The molecule has 116 valence electrons. The number of nitrogens with zero attached hydrogens (tertiary/aromatic N) is 2. The van der Waals surface area contributed by atoms with Gasteiger partial charge in [0.25, 0.3) is 0 Å². The Morgan fingerprint density at radius 3 is 2.24 bits per heavy atom. The van der Waals surface area contributed by atoms with Gasteiger partial charge >= 0.3 is 0 Å². The summed E-state index contributed by atoms with van der Waals surface area (Å²) < 4.78 is 24.9. The Kier molecular flexibility index (Phi) is 5.00. The van der Waals surface area contributed by atoms with Crippen LogP contribution in [0.1, 0.15) is 30.9 Å². The van der Waals surface area contributed by atoms with E-state index < -0.39 is 16.1 Å². The third-order valence-corrected chi connectivity index (χ3v) is 5.16. The van der Waals surface area contributed by atoms with Crippen molar-refractivity contribution in [2.24, 2.45) is 0 Å². The van der Waals surface area contributed by atoms with Crippen molar-refractivity contribution in [3.05, 3.63) is 35.9 Å². The Bertz CT molecular complexity index is 580. The fourth-order valence-corrected chi connectivity index (χ4v) is 3.22. The van der Waals surface area contributed by atoms with Crippen molar-refractivity contribution in [1.82, 2.24) is 9.21 Å². The number of likely N-dealkylation sites (N-methyl/N-ethyl adjacent to an activating group) is 1. The quantitative estimate of drug-likeness (QED) is 0.849.